The molecule has 0 saturated carbocycles. The highest BCUT2D eigenvalue weighted by molar-refractivity contribution is 5.94. The smallest absolute Gasteiger partial charge is 0.224 e. The minimum Gasteiger partial charge on any atom is -0.397 e. The van der Waals surface area contributed by atoms with Crippen LogP contribution < -0.4 is 11.1 Å². The molecule has 0 aromatic heterocycles. The number of hydrogen-bond donors (Lipinski definition) is 2. The maximum Gasteiger partial charge on any atom is 0.224 e. The van der Waals surface area contributed by atoms with Crippen molar-refractivity contribution in [3.63, 3.8) is 0 Å². The fourth-order valence-electron chi connectivity index (χ4n) is 1.25. The molecule has 3 nitrogen and oxygen atoms in total. The van der Waals surface area contributed by atoms with E-state index in [0.29, 0.717) is 0 Å². The molecule has 3 N–H and O–H groups in total. The maximum absolute atomic E-state index is 13.3. The summed E-state index contributed by atoms with van der Waals surface area (Å²) in [4.78, 5) is 11.4. The second-order valence-corrected chi connectivity index (χ2v) is 3.97. The summed E-state index contributed by atoms with van der Waals surface area (Å²) in [6.45, 7) is 3.70. The molecule has 0 atom stereocenters. The van der Waals surface area contributed by atoms with E-state index in [-0.39, 0.29) is 29.6 Å². The normalized spacial score (nSPS) is 10.6. The van der Waals surface area contributed by atoms with Crippen molar-refractivity contribution >= 4 is 17.3 Å². The van der Waals surface area contributed by atoms with Crippen molar-refractivity contribution in [2.45, 2.75) is 20.3 Å². The van der Waals surface area contributed by atoms with Crippen molar-refractivity contribution in [1.82, 2.24) is 0 Å². The highest BCUT2D eigenvalue weighted by atomic mass is 19.2. The first kappa shape index (κ1) is 12.4. The van der Waals surface area contributed by atoms with Gasteiger partial charge in [0.05, 0.1) is 5.69 Å². The molecule has 1 amide bonds. The minimum absolute atomic E-state index is 0.0102. The van der Waals surface area contributed by atoms with Gasteiger partial charge in [0.1, 0.15) is 5.69 Å². The van der Waals surface area contributed by atoms with Gasteiger partial charge in [-0.3, -0.25) is 4.79 Å². The van der Waals surface area contributed by atoms with Gasteiger partial charge in [0, 0.05) is 6.42 Å². The summed E-state index contributed by atoms with van der Waals surface area (Å²) in [6.07, 6.45) is 0.232. The molecule has 0 unspecified atom stereocenters. The molecule has 5 heteroatoms. The number of nitrogen functional groups attached to an aromatic ring is 1. The molecule has 16 heavy (non-hydrogen) atoms. The molecule has 0 aliphatic heterocycles. The van der Waals surface area contributed by atoms with Gasteiger partial charge in [-0.15, -0.1) is 0 Å². The van der Waals surface area contributed by atoms with Gasteiger partial charge in [-0.05, 0) is 18.1 Å². The molecule has 0 aliphatic carbocycles. The number of rotatable bonds is 3. The number of anilines is 2. The van der Waals surface area contributed by atoms with E-state index >= 15 is 0 Å². The van der Waals surface area contributed by atoms with E-state index in [1.807, 2.05) is 13.8 Å². The number of carbonyl (C=O) groups excluding carboxylic acids is 1. The molecule has 0 aliphatic rings. The number of hydrogen-bond acceptors (Lipinski definition) is 2. The summed E-state index contributed by atoms with van der Waals surface area (Å²) in [7, 11) is 0. The number of nitrogens with two attached hydrogens (primary N) is 1. The topological polar surface area (TPSA) is 55.1 Å². The first-order valence-corrected chi connectivity index (χ1v) is 4.95. The Morgan fingerprint density at radius 1 is 1.44 bits per heavy atom. The van der Waals surface area contributed by atoms with Crippen LogP contribution in [-0.2, 0) is 4.79 Å². The van der Waals surface area contributed by atoms with Gasteiger partial charge in [-0.25, -0.2) is 8.78 Å². The molecular weight excluding hydrogens is 214 g/mol. The maximum atomic E-state index is 13.3. The Morgan fingerprint density at radius 3 is 2.62 bits per heavy atom. The summed E-state index contributed by atoms with van der Waals surface area (Å²) < 4.78 is 26.2. The lowest BCUT2D eigenvalue weighted by atomic mass is 10.1. The van der Waals surface area contributed by atoms with Crippen molar-refractivity contribution in [3.8, 4) is 0 Å². The van der Waals surface area contributed by atoms with Crippen LogP contribution in [0.2, 0.25) is 0 Å². The predicted octanol–water partition coefficient (Wildman–Crippen LogP) is 2.53. The van der Waals surface area contributed by atoms with Crippen LogP contribution in [0, 0.1) is 17.6 Å². The van der Waals surface area contributed by atoms with E-state index < -0.39 is 11.6 Å². The Morgan fingerprint density at radius 2 is 2.06 bits per heavy atom. The quantitative estimate of drug-likeness (QED) is 0.781. The van der Waals surface area contributed by atoms with Crippen LogP contribution in [0.5, 0.6) is 0 Å². The van der Waals surface area contributed by atoms with Gasteiger partial charge < -0.3 is 11.1 Å². The average Bonchev–Trinajstić information content (AvgIpc) is 2.17. The Kier molecular flexibility index (Phi) is 3.82. The van der Waals surface area contributed by atoms with E-state index in [1.54, 1.807) is 0 Å². The first-order chi connectivity index (χ1) is 7.41. The lowest BCUT2D eigenvalue weighted by Crippen LogP contribution is -2.16. The SMILES string of the molecule is CC(C)CC(=O)Nc1c(N)ccc(F)c1F. The van der Waals surface area contributed by atoms with Crippen LogP contribution in [-0.4, -0.2) is 5.91 Å². The Bertz CT molecular complexity index is 405. The zero-order chi connectivity index (χ0) is 12.3. The second kappa shape index (κ2) is 4.92. The van der Waals surface area contributed by atoms with Crippen LogP contribution in [0.4, 0.5) is 20.2 Å². The Hall–Kier alpha value is -1.65. The summed E-state index contributed by atoms with van der Waals surface area (Å²) >= 11 is 0. The zero-order valence-corrected chi connectivity index (χ0v) is 9.18. The van der Waals surface area contributed by atoms with Crippen molar-refractivity contribution < 1.29 is 13.6 Å². The third-order valence-electron chi connectivity index (χ3n) is 1.99. The van der Waals surface area contributed by atoms with Crippen molar-refractivity contribution in [3.05, 3.63) is 23.8 Å². The molecule has 0 fully saturated rings. The van der Waals surface area contributed by atoms with Crippen molar-refractivity contribution in [1.29, 1.82) is 0 Å². The van der Waals surface area contributed by atoms with Crippen LogP contribution in [0.25, 0.3) is 0 Å². The number of carbonyl (C=O) groups is 1. The minimum atomic E-state index is -1.13. The highest BCUT2D eigenvalue weighted by Gasteiger charge is 2.14. The Balaban J connectivity index is 2.88. The number of amides is 1. The number of nitrogens with one attached hydrogen (secondary N) is 1. The molecule has 0 spiro atoms. The van der Waals surface area contributed by atoms with E-state index in [9.17, 15) is 13.6 Å². The third kappa shape index (κ3) is 2.92. The third-order valence-corrected chi connectivity index (χ3v) is 1.99. The molecule has 1 rings (SSSR count). The molecular formula is C11H14F2N2O. The van der Waals surface area contributed by atoms with Crippen molar-refractivity contribution in [2.24, 2.45) is 5.92 Å². The summed E-state index contributed by atoms with van der Waals surface area (Å²) in [5, 5.41) is 2.27. The fourth-order valence-corrected chi connectivity index (χ4v) is 1.25. The molecule has 0 radical (unpaired) electrons. The van der Waals surface area contributed by atoms with Gasteiger partial charge >= 0.3 is 0 Å². The summed E-state index contributed by atoms with van der Waals surface area (Å²) in [5.74, 6) is -2.41. The lowest BCUT2D eigenvalue weighted by Gasteiger charge is -2.10. The fraction of sp³-hybridized carbons (Fsp3) is 0.364. The van der Waals surface area contributed by atoms with Gasteiger partial charge in [0.2, 0.25) is 5.91 Å². The summed E-state index contributed by atoms with van der Waals surface area (Å²) in [6, 6.07) is 2.13. The van der Waals surface area contributed by atoms with E-state index in [4.69, 9.17) is 5.73 Å². The van der Waals surface area contributed by atoms with Crippen LogP contribution >= 0.6 is 0 Å². The van der Waals surface area contributed by atoms with Crippen molar-refractivity contribution in [2.75, 3.05) is 11.1 Å². The Labute approximate surface area is 92.6 Å². The van der Waals surface area contributed by atoms with E-state index in [1.165, 1.54) is 6.07 Å². The van der Waals surface area contributed by atoms with Crippen LogP contribution in [0.1, 0.15) is 20.3 Å². The molecule has 0 heterocycles. The standard InChI is InChI=1S/C11H14F2N2O/c1-6(2)5-9(16)15-11-8(14)4-3-7(12)10(11)13/h3-4,6H,5,14H2,1-2H3,(H,15,16). The first-order valence-electron chi connectivity index (χ1n) is 4.95. The average molecular weight is 228 g/mol. The van der Waals surface area contributed by atoms with Gasteiger partial charge in [-0.1, -0.05) is 13.8 Å². The monoisotopic (exact) mass is 228 g/mol. The molecule has 1 aromatic rings. The largest absolute Gasteiger partial charge is 0.397 e. The lowest BCUT2D eigenvalue weighted by molar-refractivity contribution is -0.116. The van der Waals surface area contributed by atoms with Gasteiger partial charge in [0.25, 0.3) is 0 Å². The number of benzene rings is 1. The number of halogens is 2. The molecule has 0 saturated heterocycles. The molecule has 88 valence electrons. The highest BCUT2D eigenvalue weighted by Crippen LogP contribution is 2.24. The molecule has 0 bridgehead atoms. The van der Waals surface area contributed by atoms with Gasteiger partial charge in [0.15, 0.2) is 11.6 Å². The van der Waals surface area contributed by atoms with Crippen LogP contribution in [0.15, 0.2) is 12.1 Å². The van der Waals surface area contributed by atoms with E-state index in [2.05, 4.69) is 5.32 Å². The predicted molar refractivity (Wildman–Crippen MR) is 58.9 cm³/mol. The van der Waals surface area contributed by atoms with Gasteiger partial charge in [-0.2, -0.15) is 0 Å². The zero-order valence-electron chi connectivity index (χ0n) is 9.18. The van der Waals surface area contributed by atoms with E-state index in [0.717, 1.165) is 6.07 Å². The second-order valence-electron chi connectivity index (χ2n) is 3.97. The summed E-state index contributed by atoms with van der Waals surface area (Å²) in [5.41, 5.74) is 5.17. The van der Waals surface area contributed by atoms with Crippen LogP contribution in [0.3, 0.4) is 0 Å². The molecule has 1 aromatic carbocycles.